The Morgan fingerprint density at radius 3 is 0.818 bits per heavy atom. The first-order valence-corrected chi connectivity index (χ1v) is 8.09. The maximum absolute atomic E-state index is 2.33. The van der Waals surface area contributed by atoms with E-state index in [1.807, 2.05) is 0 Å². The van der Waals surface area contributed by atoms with E-state index in [-0.39, 0.29) is 69.6 Å². The van der Waals surface area contributed by atoms with Gasteiger partial charge in [-0.05, 0) is 25.7 Å². The minimum atomic E-state index is 0. The summed E-state index contributed by atoms with van der Waals surface area (Å²) in [4.78, 5) is 0. The molecule has 0 saturated carbocycles. The Morgan fingerprint density at radius 1 is 0.500 bits per heavy atom. The molecule has 139 valence electrons. The van der Waals surface area contributed by atoms with Crippen molar-refractivity contribution in [3.8, 4) is 0 Å². The highest BCUT2D eigenvalue weighted by molar-refractivity contribution is 14.0. The summed E-state index contributed by atoms with van der Waals surface area (Å²) in [6, 6.07) is 0. The lowest BCUT2D eigenvalue weighted by molar-refractivity contribution is -0.929. The Balaban J connectivity index is -0.000000128. The van der Waals surface area contributed by atoms with E-state index in [4.69, 9.17) is 0 Å². The van der Waals surface area contributed by atoms with Gasteiger partial charge in [-0.25, -0.2) is 0 Å². The van der Waals surface area contributed by atoms with Crippen LogP contribution in [0.3, 0.4) is 0 Å². The second-order valence-corrected chi connectivity index (χ2v) is 5.65. The molecule has 0 spiro atoms. The van der Waals surface area contributed by atoms with Crippen molar-refractivity contribution in [3.05, 3.63) is 0 Å². The van der Waals surface area contributed by atoms with Crippen LogP contribution in [-0.4, -0.2) is 39.1 Å². The first kappa shape index (κ1) is 38.9. The molecular formula is C16H40BCl3IN+. The largest absolute Gasteiger partial charge is 0.324 e. The summed E-state index contributed by atoms with van der Waals surface area (Å²) in [5.41, 5.74) is 0. The van der Waals surface area contributed by atoms with Crippen LogP contribution in [0.4, 0.5) is 0 Å². The zero-order valence-corrected chi connectivity index (χ0v) is 19.9. The van der Waals surface area contributed by atoms with Crippen LogP contribution in [0.1, 0.15) is 79.1 Å². The summed E-state index contributed by atoms with van der Waals surface area (Å²) < 4.78 is 1.42. The van der Waals surface area contributed by atoms with Gasteiger partial charge in [0.05, 0.1) is 26.2 Å². The summed E-state index contributed by atoms with van der Waals surface area (Å²) in [7, 11) is 0. The Bertz CT molecular complexity index is 140. The lowest BCUT2D eigenvalue weighted by Gasteiger charge is -2.39. The molecular weight excluding hydrogens is 450 g/mol. The summed E-state index contributed by atoms with van der Waals surface area (Å²) in [5, 5.41) is 0. The third kappa shape index (κ3) is 19.7. The number of halogens is 4. The highest BCUT2D eigenvalue weighted by atomic mass is 127. The van der Waals surface area contributed by atoms with Gasteiger partial charge in [-0.2, -0.15) is 0 Å². The number of nitrogens with zero attached hydrogens (tertiary/aromatic N) is 1. The van der Waals surface area contributed by atoms with E-state index in [0.717, 1.165) is 0 Å². The van der Waals surface area contributed by atoms with Crippen LogP contribution in [0, 0.1) is 0 Å². The van der Waals surface area contributed by atoms with Gasteiger partial charge in [0.1, 0.15) is 0 Å². The van der Waals surface area contributed by atoms with E-state index in [2.05, 4.69) is 27.7 Å². The predicted octanol–water partition coefficient (Wildman–Crippen LogP) is 6.51. The van der Waals surface area contributed by atoms with E-state index in [0.29, 0.717) is 0 Å². The van der Waals surface area contributed by atoms with Gasteiger partial charge in [-0.15, -0.1) is 61.2 Å². The zero-order valence-electron chi connectivity index (χ0n) is 15.1. The number of rotatable bonds is 12. The lowest BCUT2D eigenvalue weighted by Crippen LogP contribution is -2.50. The van der Waals surface area contributed by atoms with Gasteiger partial charge in [-0.3, -0.25) is 0 Å². The Kier molecular flexibility index (Phi) is 48.6. The topological polar surface area (TPSA) is 0 Å². The molecule has 0 aromatic carbocycles. The van der Waals surface area contributed by atoms with E-state index < -0.39 is 0 Å². The molecule has 3 radical (unpaired) electrons. The molecule has 0 aliphatic rings. The smallest absolute Gasteiger partial charge is 0.0786 e. The molecule has 0 aliphatic heterocycles. The van der Waals surface area contributed by atoms with Crippen LogP contribution in [-0.2, 0) is 0 Å². The fourth-order valence-electron chi connectivity index (χ4n) is 2.64. The lowest BCUT2D eigenvalue weighted by atomic mass is 10.1. The molecule has 22 heavy (non-hydrogen) atoms. The highest BCUT2D eigenvalue weighted by Crippen LogP contribution is 2.16. The molecule has 0 bridgehead atoms. The molecule has 0 rings (SSSR count). The zero-order chi connectivity index (χ0) is 13.0. The minimum Gasteiger partial charge on any atom is -0.324 e. The highest BCUT2D eigenvalue weighted by Gasteiger charge is 2.24. The second kappa shape index (κ2) is 27.5. The summed E-state index contributed by atoms with van der Waals surface area (Å²) >= 11 is 0. The molecule has 0 amide bonds. The fraction of sp³-hybridized carbons (Fsp3) is 1.00. The number of quaternary nitrogens is 1. The van der Waals surface area contributed by atoms with Gasteiger partial charge >= 0.3 is 0 Å². The third-order valence-corrected chi connectivity index (χ3v) is 3.94. The molecule has 0 aromatic heterocycles. The van der Waals surface area contributed by atoms with Gasteiger partial charge in [-0.1, -0.05) is 53.4 Å². The molecule has 1 nitrogen and oxygen atoms in total. The van der Waals surface area contributed by atoms with Crippen molar-refractivity contribution >= 4 is 69.6 Å². The monoisotopic (exact) mass is 489 g/mol. The first-order chi connectivity index (χ1) is 8.24. The number of hydrogen-bond acceptors (Lipinski definition) is 0. The van der Waals surface area contributed by atoms with Crippen LogP contribution >= 0.6 is 61.2 Å². The normalized spacial score (nSPS) is 9.27. The van der Waals surface area contributed by atoms with Gasteiger partial charge < -0.3 is 4.48 Å². The van der Waals surface area contributed by atoms with Crippen molar-refractivity contribution in [2.24, 2.45) is 0 Å². The summed E-state index contributed by atoms with van der Waals surface area (Å²) in [6.45, 7) is 15.0. The van der Waals surface area contributed by atoms with Gasteiger partial charge in [0.15, 0.2) is 0 Å². The fourth-order valence-corrected chi connectivity index (χ4v) is 2.64. The molecule has 0 heterocycles. The molecule has 0 aliphatic carbocycles. The first-order valence-electron chi connectivity index (χ1n) is 8.09. The van der Waals surface area contributed by atoms with Crippen LogP contribution in [0.2, 0.25) is 0 Å². The van der Waals surface area contributed by atoms with Gasteiger partial charge in [0.25, 0.3) is 0 Å². The average molecular weight is 491 g/mol. The van der Waals surface area contributed by atoms with E-state index in [9.17, 15) is 0 Å². The van der Waals surface area contributed by atoms with Crippen LogP contribution in [0.25, 0.3) is 0 Å². The van der Waals surface area contributed by atoms with Crippen molar-refractivity contribution in [2.45, 2.75) is 79.1 Å². The Labute approximate surface area is 178 Å². The number of unbranched alkanes of at least 4 members (excludes halogenated alkanes) is 4. The summed E-state index contributed by atoms with van der Waals surface area (Å²) in [5.74, 6) is 0. The Morgan fingerprint density at radius 2 is 0.682 bits per heavy atom. The van der Waals surface area contributed by atoms with Gasteiger partial charge in [0, 0.05) is 8.41 Å². The maximum atomic E-state index is 2.33. The van der Waals surface area contributed by atoms with E-state index in [1.54, 1.807) is 0 Å². The molecule has 0 saturated heterocycles. The predicted molar refractivity (Wildman–Crippen MR) is 122 cm³/mol. The van der Waals surface area contributed by atoms with Crippen LogP contribution < -0.4 is 0 Å². The molecule has 0 unspecified atom stereocenters. The standard InChI is InChI=1S/C16H36N.B.3ClH.HI/c1-5-9-13-17(14-10-6-2,15-11-7-3)16-12-8-4;;;;;/h5-16H2,1-4H3;;4*1H/q+1;;;;;. The van der Waals surface area contributed by atoms with Crippen molar-refractivity contribution in [3.63, 3.8) is 0 Å². The minimum absolute atomic E-state index is 0. The molecule has 0 fully saturated rings. The van der Waals surface area contributed by atoms with Gasteiger partial charge in [0.2, 0.25) is 0 Å². The Hall–Kier alpha value is 1.62. The maximum Gasteiger partial charge on any atom is 0.0786 e. The summed E-state index contributed by atoms with van der Waals surface area (Å²) in [6.07, 6.45) is 11.1. The third-order valence-electron chi connectivity index (χ3n) is 3.94. The SMILES string of the molecule is CCCC[N+](CCCC)(CCCC)CCCC.Cl.Cl.Cl.I.[B]. The van der Waals surface area contributed by atoms with Crippen LogP contribution in [0.5, 0.6) is 0 Å². The van der Waals surface area contributed by atoms with Crippen molar-refractivity contribution < 1.29 is 4.48 Å². The van der Waals surface area contributed by atoms with Crippen LogP contribution in [0.15, 0.2) is 0 Å². The van der Waals surface area contributed by atoms with Crippen molar-refractivity contribution in [1.82, 2.24) is 0 Å². The number of hydrogen-bond donors (Lipinski definition) is 0. The van der Waals surface area contributed by atoms with E-state index >= 15 is 0 Å². The van der Waals surface area contributed by atoms with E-state index in [1.165, 1.54) is 82.0 Å². The average Bonchev–Trinajstić information content (AvgIpc) is 2.37. The molecule has 6 heteroatoms. The molecule has 0 atom stereocenters. The van der Waals surface area contributed by atoms with Crippen molar-refractivity contribution in [1.29, 1.82) is 0 Å². The second-order valence-electron chi connectivity index (χ2n) is 5.65. The molecule has 0 aromatic rings. The van der Waals surface area contributed by atoms with Crippen molar-refractivity contribution in [2.75, 3.05) is 26.2 Å². The quantitative estimate of drug-likeness (QED) is 0.166. The molecule has 0 N–H and O–H groups in total.